The molecule has 1 heterocycles. The number of thioether (sulfide) groups is 1. The van der Waals surface area contributed by atoms with Gasteiger partial charge in [-0.1, -0.05) is 126 Å². The van der Waals surface area contributed by atoms with Crippen molar-refractivity contribution in [1.82, 2.24) is 4.90 Å². The number of rotatable bonds is 15. The van der Waals surface area contributed by atoms with Crippen LogP contribution in [0.2, 0.25) is 0 Å². The molecule has 0 aromatic rings. The summed E-state index contributed by atoms with van der Waals surface area (Å²) < 4.78 is 17.8. The first-order valence-corrected chi connectivity index (χ1v) is 18.7. The third-order valence-corrected chi connectivity index (χ3v) is 12.7. The molecule has 0 spiro atoms. The molecule has 3 rings (SSSR count). The highest BCUT2D eigenvalue weighted by atomic mass is 32.2. The van der Waals surface area contributed by atoms with Crippen molar-refractivity contribution in [2.45, 2.75) is 145 Å². The van der Waals surface area contributed by atoms with Gasteiger partial charge in [0.25, 0.3) is 0 Å². The van der Waals surface area contributed by atoms with Gasteiger partial charge in [0.1, 0.15) is 11.0 Å². The average molecular weight is 646 g/mol. The van der Waals surface area contributed by atoms with Gasteiger partial charge in [0.05, 0.1) is 0 Å². The van der Waals surface area contributed by atoms with Gasteiger partial charge in [-0.3, -0.25) is 0 Å². The zero-order chi connectivity index (χ0) is 34.4. The fraction of sp³-hybridized carbons (Fsp3) is 0.581. The lowest BCUT2D eigenvalue weighted by Crippen LogP contribution is -2.45. The predicted octanol–water partition coefficient (Wildman–Crippen LogP) is 13.9. The van der Waals surface area contributed by atoms with Crippen LogP contribution in [0.1, 0.15) is 134 Å². The number of nitrogens with zero attached hydrogens (tertiary/aromatic N) is 1. The summed E-state index contributed by atoms with van der Waals surface area (Å²) in [5, 5.41) is 0.0999. The normalized spacial score (nSPS) is 25.3. The van der Waals surface area contributed by atoms with Crippen LogP contribution in [0.3, 0.4) is 0 Å². The second kappa shape index (κ2) is 15.8. The third kappa shape index (κ3) is 7.88. The van der Waals surface area contributed by atoms with Crippen molar-refractivity contribution in [2.75, 3.05) is 0 Å². The Bertz CT molecular complexity index is 1380. The van der Waals surface area contributed by atoms with E-state index in [9.17, 15) is 0 Å². The summed E-state index contributed by atoms with van der Waals surface area (Å²) in [4.78, 5) is 3.68. The van der Waals surface area contributed by atoms with Crippen LogP contribution in [0.4, 0.5) is 4.39 Å². The highest BCUT2D eigenvalue weighted by Crippen LogP contribution is 2.66. The van der Waals surface area contributed by atoms with Crippen LogP contribution >= 0.6 is 11.8 Å². The van der Waals surface area contributed by atoms with Crippen LogP contribution < -0.4 is 0 Å². The van der Waals surface area contributed by atoms with Crippen LogP contribution in [-0.4, -0.2) is 15.9 Å². The minimum Gasteiger partial charge on any atom is -0.334 e. The monoisotopic (exact) mass is 645 g/mol. The second-order valence-electron chi connectivity index (χ2n) is 15.2. The molecule has 254 valence electrons. The zero-order valence-electron chi connectivity index (χ0n) is 31.4. The van der Waals surface area contributed by atoms with Crippen molar-refractivity contribution in [3.63, 3.8) is 0 Å². The lowest BCUT2D eigenvalue weighted by Gasteiger charge is -2.45. The van der Waals surface area contributed by atoms with E-state index in [0.29, 0.717) is 6.42 Å². The summed E-state index contributed by atoms with van der Waals surface area (Å²) in [6.07, 6.45) is 25.4. The molecule has 3 aliphatic rings. The molecule has 0 N–H and O–H groups in total. The van der Waals surface area contributed by atoms with Crippen LogP contribution in [0, 0.1) is 16.7 Å². The Hall–Kier alpha value is -2.26. The number of unbranched alkanes of at least 4 members (excludes halogenated alkanes) is 1. The average Bonchev–Trinajstić information content (AvgIpc) is 3.69. The minimum atomic E-state index is -1.35. The summed E-state index contributed by atoms with van der Waals surface area (Å²) in [7, 11) is 0. The number of allylic oxidation sites excluding steroid dienone is 14. The van der Waals surface area contributed by atoms with Crippen LogP contribution in [0.5, 0.6) is 0 Å². The van der Waals surface area contributed by atoms with E-state index in [1.165, 1.54) is 38.3 Å². The molecule has 0 saturated carbocycles. The summed E-state index contributed by atoms with van der Waals surface area (Å²) >= 11 is 1.91. The van der Waals surface area contributed by atoms with Crippen molar-refractivity contribution >= 4 is 11.8 Å². The van der Waals surface area contributed by atoms with Gasteiger partial charge in [-0.25, -0.2) is 4.39 Å². The molecular weight excluding hydrogens is 582 g/mol. The number of hydrogen-bond acceptors (Lipinski definition) is 2. The molecule has 0 saturated heterocycles. The molecule has 0 amide bonds. The van der Waals surface area contributed by atoms with Crippen molar-refractivity contribution < 1.29 is 4.39 Å². The summed E-state index contributed by atoms with van der Waals surface area (Å²) in [6, 6.07) is 0. The minimum absolute atomic E-state index is 0.0999. The molecule has 0 aromatic heterocycles. The van der Waals surface area contributed by atoms with Gasteiger partial charge >= 0.3 is 0 Å². The summed E-state index contributed by atoms with van der Waals surface area (Å²) in [5.74, 6) is 0.194. The van der Waals surface area contributed by atoms with Crippen molar-refractivity contribution in [3.8, 4) is 0 Å². The van der Waals surface area contributed by atoms with E-state index in [2.05, 4.69) is 143 Å². The van der Waals surface area contributed by atoms with Gasteiger partial charge in [-0.05, 0) is 114 Å². The van der Waals surface area contributed by atoms with E-state index in [1.54, 1.807) is 0 Å². The fourth-order valence-corrected chi connectivity index (χ4v) is 8.63. The number of hydrogen-bond donors (Lipinski definition) is 0. The molecule has 0 fully saturated rings. The number of halogens is 1. The van der Waals surface area contributed by atoms with Gasteiger partial charge < -0.3 is 4.90 Å². The van der Waals surface area contributed by atoms with Gasteiger partial charge in [-0.2, -0.15) is 0 Å². The Morgan fingerprint density at radius 3 is 2.37 bits per heavy atom. The molecule has 1 nitrogen and oxygen atoms in total. The molecular formula is C43H64FNS. The van der Waals surface area contributed by atoms with Crippen LogP contribution in [-0.2, 0) is 0 Å². The smallest absolute Gasteiger partial charge is 0.138 e. The standard InChI is InChI=1S/C43H64FNS/c1-14-31(5)27-28-37(34(8)40-45(29-33(7)46-40)35(9)32(6)22-20-21-30(3)4)39-38(26-19-18-25-36-23-16-17-24-36)43(44,15-2)42(12,13)41(39,10)11/h16-17,20-23,27,29,32,40H,9,14-15,18-19,24-26,28H2,1-8,10-13H3/b22-20+,31-27-,37-34-. The molecule has 0 radical (unpaired) electrons. The molecule has 0 bridgehead atoms. The van der Waals surface area contributed by atoms with Gasteiger partial charge in [0.15, 0.2) is 0 Å². The molecule has 3 heteroatoms. The highest BCUT2D eigenvalue weighted by Gasteiger charge is 2.63. The second-order valence-corrected chi connectivity index (χ2v) is 16.5. The first kappa shape index (κ1) is 38.2. The summed E-state index contributed by atoms with van der Waals surface area (Å²) in [5.41, 5.74) is 8.08. The Morgan fingerprint density at radius 1 is 1.11 bits per heavy atom. The Kier molecular flexibility index (Phi) is 13.1. The molecule has 2 aliphatic carbocycles. The van der Waals surface area contributed by atoms with Gasteiger partial charge in [0, 0.05) is 28.1 Å². The van der Waals surface area contributed by atoms with Gasteiger partial charge in [-0.15, -0.1) is 0 Å². The van der Waals surface area contributed by atoms with Gasteiger partial charge in [0.2, 0.25) is 0 Å². The lowest BCUT2D eigenvalue weighted by atomic mass is 9.61. The largest absolute Gasteiger partial charge is 0.334 e. The maximum atomic E-state index is 17.8. The van der Waals surface area contributed by atoms with Crippen molar-refractivity contribution in [3.05, 3.63) is 105 Å². The highest BCUT2D eigenvalue weighted by molar-refractivity contribution is 8.04. The maximum absolute atomic E-state index is 17.8. The molecule has 3 unspecified atom stereocenters. The van der Waals surface area contributed by atoms with Crippen molar-refractivity contribution in [1.29, 1.82) is 0 Å². The first-order valence-electron chi connectivity index (χ1n) is 17.8. The van der Waals surface area contributed by atoms with E-state index in [-0.39, 0.29) is 16.7 Å². The Balaban J connectivity index is 2.17. The van der Waals surface area contributed by atoms with E-state index in [4.69, 9.17) is 0 Å². The third-order valence-electron chi connectivity index (χ3n) is 11.4. The maximum Gasteiger partial charge on any atom is 0.138 e. The molecule has 46 heavy (non-hydrogen) atoms. The summed E-state index contributed by atoms with van der Waals surface area (Å²) in [6.45, 7) is 31.1. The van der Waals surface area contributed by atoms with Crippen LogP contribution in [0.25, 0.3) is 0 Å². The predicted molar refractivity (Wildman–Crippen MR) is 204 cm³/mol. The fourth-order valence-electron chi connectivity index (χ4n) is 7.48. The van der Waals surface area contributed by atoms with E-state index in [0.717, 1.165) is 56.2 Å². The van der Waals surface area contributed by atoms with Crippen molar-refractivity contribution in [2.24, 2.45) is 16.7 Å². The molecule has 0 aromatic carbocycles. The molecule has 1 aliphatic heterocycles. The Morgan fingerprint density at radius 2 is 1.78 bits per heavy atom. The lowest BCUT2D eigenvalue weighted by molar-refractivity contribution is -0.00367. The quantitative estimate of drug-likeness (QED) is 0.0990. The zero-order valence-corrected chi connectivity index (χ0v) is 32.2. The topological polar surface area (TPSA) is 3.24 Å². The molecule has 3 atom stereocenters. The van der Waals surface area contributed by atoms with E-state index >= 15 is 4.39 Å². The van der Waals surface area contributed by atoms with E-state index in [1.807, 2.05) is 11.8 Å². The number of alkyl halides is 1. The van der Waals surface area contributed by atoms with E-state index < -0.39 is 11.1 Å². The SMILES string of the molecule is C=C(C(C)/C=C/C=C(C)C)N1C=C(C)SC1/C(C)=C(/C/C=C(/C)CC)C1=C(CCCCC2=CC=CC2)C(F)(CC)C(C)(C)C1(C)C. The Labute approximate surface area is 287 Å². The first-order chi connectivity index (χ1) is 21.5. The van der Waals surface area contributed by atoms with Crippen LogP contribution in [0.15, 0.2) is 105 Å².